The second kappa shape index (κ2) is 8.18. The molecular formula is C22H22NO3S+. The lowest BCUT2D eigenvalue weighted by atomic mass is 10.1. The third-order valence-electron chi connectivity index (χ3n) is 4.18. The molecule has 4 nitrogen and oxygen atoms in total. The van der Waals surface area contributed by atoms with Crippen molar-refractivity contribution in [3.63, 3.8) is 0 Å². The summed E-state index contributed by atoms with van der Waals surface area (Å²) >= 11 is 0. The summed E-state index contributed by atoms with van der Waals surface area (Å²) in [5.74, 6) is -0.0811. The van der Waals surface area contributed by atoms with E-state index in [9.17, 15) is 13.6 Å². The summed E-state index contributed by atoms with van der Waals surface area (Å²) < 4.78 is 27.0. The molecule has 0 aliphatic carbocycles. The fourth-order valence-electron chi connectivity index (χ4n) is 2.87. The number of nitrogens with zero attached hydrogens (tertiary/aromatic N) is 1. The van der Waals surface area contributed by atoms with Crippen LogP contribution in [-0.4, -0.2) is 24.6 Å². The summed E-state index contributed by atoms with van der Waals surface area (Å²) in [4.78, 5) is 0.221. The van der Waals surface area contributed by atoms with Gasteiger partial charge >= 0.3 is 0 Å². The fraction of sp³-hybridized carbons (Fsp3) is 0.136. The van der Waals surface area contributed by atoms with E-state index in [0.717, 1.165) is 21.4 Å². The molecule has 0 spiro atoms. The van der Waals surface area contributed by atoms with Crippen LogP contribution in [0.5, 0.6) is 0 Å². The Morgan fingerprint density at radius 3 is 2.11 bits per heavy atom. The molecule has 0 fully saturated rings. The Kier molecular flexibility index (Phi) is 5.72. The number of aryl methyl sites for hydroxylation is 1. The standard InChI is InChI=1S/C22H22NO3S/c1-18-12-13-21(16-23(24)15-19-8-4-2-5-9-19)22(14-18)27(25,26)17-20-10-6-3-7-11-20/h2-14,16,24H,15,17H2,1H3/q+1/b23-16-. The highest BCUT2D eigenvalue weighted by Gasteiger charge is 2.21. The van der Waals surface area contributed by atoms with Crippen molar-refractivity contribution >= 4 is 16.1 Å². The van der Waals surface area contributed by atoms with Crippen molar-refractivity contribution < 1.29 is 18.4 Å². The van der Waals surface area contributed by atoms with Crippen molar-refractivity contribution in [1.82, 2.24) is 0 Å². The SMILES string of the molecule is Cc1ccc(/C=[N+](\O)Cc2ccccc2)c(S(=O)(=O)Cc2ccccc2)c1. The van der Waals surface area contributed by atoms with E-state index in [0.29, 0.717) is 5.56 Å². The average molecular weight is 380 g/mol. The molecule has 0 heterocycles. The van der Waals surface area contributed by atoms with Crippen molar-refractivity contribution in [1.29, 1.82) is 0 Å². The Morgan fingerprint density at radius 1 is 0.889 bits per heavy atom. The van der Waals surface area contributed by atoms with Gasteiger partial charge in [-0.05, 0) is 34.9 Å². The van der Waals surface area contributed by atoms with Gasteiger partial charge < -0.3 is 0 Å². The van der Waals surface area contributed by atoms with Crippen LogP contribution in [0.25, 0.3) is 0 Å². The van der Waals surface area contributed by atoms with Crippen LogP contribution < -0.4 is 0 Å². The molecule has 0 saturated heterocycles. The molecule has 1 N–H and O–H groups in total. The lowest BCUT2D eigenvalue weighted by Crippen LogP contribution is -2.13. The molecule has 0 amide bonds. The van der Waals surface area contributed by atoms with Crippen molar-refractivity contribution in [3.8, 4) is 0 Å². The number of rotatable bonds is 6. The molecule has 3 aromatic carbocycles. The van der Waals surface area contributed by atoms with Crippen LogP contribution in [0, 0.1) is 6.92 Å². The Morgan fingerprint density at radius 2 is 1.48 bits per heavy atom. The van der Waals surface area contributed by atoms with Crippen LogP contribution in [0.15, 0.2) is 83.8 Å². The molecule has 138 valence electrons. The van der Waals surface area contributed by atoms with E-state index in [1.165, 1.54) is 6.21 Å². The summed E-state index contributed by atoms with van der Waals surface area (Å²) in [7, 11) is -3.55. The van der Waals surface area contributed by atoms with E-state index in [1.54, 1.807) is 24.3 Å². The van der Waals surface area contributed by atoms with Gasteiger partial charge in [-0.3, -0.25) is 5.21 Å². The molecule has 3 rings (SSSR count). The Balaban J connectivity index is 1.94. The largest absolute Gasteiger partial charge is 0.290 e. The lowest BCUT2D eigenvalue weighted by Gasteiger charge is -2.08. The van der Waals surface area contributed by atoms with Crippen LogP contribution in [0.3, 0.4) is 0 Å². The van der Waals surface area contributed by atoms with Gasteiger partial charge in [0.25, 0.3) is 0 Å². The first kappa shape index (κ1) is 18.9. The van der Waals surface area contributed by atoms with Gasteiger partial charge in [0.15, 0.2) is 9.84 Å². The molecule has 0 bridgehead atoms. The number of sulfone groups is 1. The van der Waals surface area contributed by atoms with Crippen LogP contribution in [0.1, 0.15) is 22.3 Å². The third-order valence-corrected chi connectivity index (χ3v) is 5.92. The van der Waals surface area contributed by atoms with E-state index in [4.69, 9.17) is 0 Å². The fourth-order valence-corrected chi connectivity index (χ4v) is 4.50. The summed E-state index contributed by atoms with van der Waals surface area (Å²) in [6.07, 6.45) is 1.46. The Labute approximate surface area is 159 Å². The number of hydrogen-bond donors (Lipinski definition) is 1. The summed E-state index contributed by atoms with van der Waals surface area (Å²) in [5.41, 5.74) is 2.98. The zero-order valence-electron chi connectivity index (χ0n) is 15.1. The van der Waals surface area contributed by atoms with Gasteiger partial charge in [0, 0.05) is 5.56 Å². The van der Waals surface area contributed by atoms with E-state index in [1.807, 2.05) is 61.5 Å². The van der Waals surface area contributed by atoms with Crippen LogP contribution in [0.2, 0.25) is 0 Å². The molecule has 0 aliphatic heterocycles. The maximum atomic E-state index is 13.0. The summed E-state index contributed by atoms with van der Waals surface area (Å²) in [6, 6.07) is 23.8. The molecule has 0 aromatic heterocycles. The van der Waals surface area contributed by atoms with E-state index in [2.05, 4.69) is 0 Å². The zero-order valence-corrected chi connectivity index (χ0v) is 15.9. The molecule has 0 radical (unpaired) electrons. The minimum absolute atomic E-state index is 0.0811. The molecule has 27 heavy (non-hydrogen) atoms. The van der Waals surface area contributed by atoms with Gasteiger partial charge in [-0.25, -0.2) is 8.42 Å². The van der Waals surface area contributed by atoms with Crippen LogP contribution in [-0.2, 0) is 22.1 Å². The van der Waals surface area contributed by atoms with Crippen molar-refractivity contribution in [2.45, 2.75) is 24.1 Å². The van der Waals surface area contributed by atoms with Crippen molar-refractivity contribution in [2.24, 2.45) is 0 Å². The monoisotopic (exact) mass is 380 g/mol. The van der Waals surface area contributed by atoms with Crippen LogP contribution in [0.4, 0.5) is 0 Å². The van der Waals surface area contributed by atoms with Crippen molar-refractivity contribution in [2.75, 3.05) is 0 Å². The predicted molar refractivity (Wildman–Crippen MR) is 106 cm³/mol. The quantitative estimate of drug-likeness (QED) is 0.304. The molecule has 5 heteroatoms. The minimum Gasteiger partial charge on any atom is -0.290 e. The van der Waals surface area contributed by atoms with Crippen LogP contribution >= 0.6 is 0 Å². The predicted octanol–water partition coefficient (Wildman–Crippen LogP) is 3.99. The first-order valence-electron chi connectivity index (χ1n) is 8.66. The number of hydroxylamine groups is 1. The Hall–Kier alpha value is -2.92. The van der Waals surface area contributed by atoms with Crippen molar-refractivity contribution in [3.05, 3.63) is 101 Å². The zero-order chi connectivity index (χ0) is 19.3. The van der Waals surface area contributed by atoms with E-state index >= 15 is 0 Å². The Bertz CT molecular complexity index is 1040. The maximum absolute atomic E-state index is 13.0. The highest BCUT2D eigenvalue weighted by Crippen LogP contribution is 2.21. The first-order valence-corrected chi connectivity index (χ1v) is 10.3. The second-order valence-electron chi connectivity index (χ2n) is 6.50. The number of hydrogen-bond acceptors (Lipinski definition) is 3. The first-order chi connectivity index (χ1) is 12.9. The van der Waals surface area contributed by atoms with Gasteiger partial charge in [-0.15, -0.1) is 0 Å². The van der Waals surface area contributed by atoms with Gasteiger partial charge in [0.2, 0.25) is 12.8 Å². The minimum atomic E-state index is -3.55. The molecular weight excluding hydrogens is 358 g/mol. The van der Waals surface area contributed by atoms with Gasteiger partial charge in [-0.2, -0.15) is 0 Å². The average Bonchev–Trinajstić information content (AvgIpc) is 2.64. The molecule has 0 aliphatic rings. The maximum Gasteiger partial charge on any atom is 0.224 e. The van der Waals surface area contributed by atoms with Gasteiger partial charge in [0.05, 0.1) is 16.2 Å². The highest BCUT2D eigenvalue weighted by molar-refractivity contribution is 7.90. The number of benzene rings is 3. The molecule has 0 atom stereocenters. The van der Waals surface area contributed by atoms with Gasteiger partial charge in [-0.1, -0.05) is 66.7 Å². The summed E-state index contributed by atoms with van der Waals surface area (Å²) in [5, 5.41) is 10.3. The second-order valence-corrected chi connectivity index (χ2v) is 8.46. The molecule has 0 saturated carbocycles. The van der Waals surface area contributed by atoms with E-state index < -0.39 is 9.84 Å². The smallest absolute Gasteiger partial charge is 0.224 e. The normalized spacial score (nSPS) is 12.1. The highest BCUT2D eigenvalue weighted by atomic mass is 32.2. The molecule has 3 aromatic rings. The topological polar surface area (TPSA) is 57.4 Å². The van der Waals surface area contributed by atoms with Gasteiger partial charge in [0.1, 0.15) is 0 Å². The van der Waals surface area contributed by atoms with E-state index in [-0.39, 0.29) is 17.2 Å². The summed E-state index contributed by atoms with van der Waals surface area (Å²) in [6.45, 7) is 2.12. The molecule has 0 unspecified atom stereocenters. The lowest BCUT2D eigenvalue weighted by molar-refractivity contribution is -0.783. The third kappa shape index (κ3) is 5.05.